The first-order valence-corrected chi connectivity index (χ1v) is 5.03. The molecule has 0 spiro atoms. The first-order chi connectivity index (χ1) is 6.65. The lowest BCUT2D eigenvalue weighted by atomic mass is 10.1. The highest BCUT2D eigenvalue weighted by Crippen LogP contribution is 2.24. The number of halogens is 1. The minimum absolute atomic E-state index is 0.455. The van der Waals surface area contributed by atoms with E-state index in [9.17, 15) is 0 Å². The maximum Gasteiger partial charge on any atom is 0.129 e. The lowest BCUT2D eigenvalue weighted by Crippen LogP contribution is -2.00. The molecule has 0 unspecified atom stereocenters. The fraction of sp³-hybridized carbons (Fsp3) is 0.182. The van der Waals surface area contributed by atoms with E-state index >= 15 is 0 Å². The van der Waals surface area contributed by atoms with Gasteiger partial charge in [-0.3, -0.25) is 0 Å². The van der Waals surface area contributed by atoms with Gasteiger partial charge in [-0.15, -0.1) is 0 Å². The van der Waals surface area contributed by atoms with Crippen LogP contribution < -0.4 is 4.74 Å². The second kappa shape index (κ2) is 4.96. The average molecular weight is 254 g/mol. The van der Waals surface area contributed by atoms with Gasteiger partial charge in [-0.1, -0.05) is 28.6 Å². The SMILES string of the molecule is C=CCOc1cc(Br)ccc1C(C)=N. The minimum Gasteiger partial charge on any atom is -0.489 e. The Kier molecular flexibility index (Phi) is 3.89. The molecule has 0 aliphatic heterocycles. The number of hydrogen-bond acceptors (Lipinski definition) is 2. The fourth-order valence-electron chi connectivity index (χ4n) is 1.07. The third-order valence-electron chi connectivity index (χ3n) is 1.70. The molecule has 1 N–H and O–H groups in total. The number of ether oxygens (including phenoxy) is 1. The van der Waals surface area contributed by atoms with Gasteiger partial charge in [0.1, 0.15) is 12.4 Å². The molecular formula is C11H12BrNO. The van der Waals surface area contributed by atoms with E-state index in [-0.39, 0.29) is 0 Å². The second-order valence-electron chi connectivity index (χ2n) is 2.87. The zero-order valence-corrected chi connectivity index (χ0v) is 9.60. The van der Waals surface area contributed by atoms with E-state index in [1.54, 1.807) is 13.0 Å². The summed E-state index contributed by atoms with van der Waals surface area (Å²) in [7, 11) is 0. The molecule has 1 aromatic rings. The van der Waals surface area contributed by atoms with Gasteiger partial charge in [0, 0.05) is 15.7 Å². The van der Waals surface area contributed by atoms with Crippen LogP contribution in [-0.4, -0.2) is 12.3 Å². The highest BCUT2D eigenvalue weighted by molar-refractivity contribution is 9.10. The molecule has 3 heteroatoms. The summed E-state index contributed by atoms with van der Waals surface area (Å²) < 4.78 is 6.39. The molecule has 0 aliphatic rings. The molecule has 0 saturated carbocycles. The van der Waals surface area contributed by atoms with E-state index in [0.29, 0.717) is 18.1 Å². The molecule has 74 valence electrons. The van der Waals surface area contributed by atoms with E-state index in [4.69, 9.17) is 10.1 Å². The van der Waals surface area contributed by atoms with Crippen molar-refractivity contribution in [2.45, 2.75) is 6.92 Å². The standard InChI is InChI=1S/C11H12BrNO/c1-3-6-14-11-7-9(12)4-5-10(11)8(2)13/h3-5,7,13H,1,6H2,2H3. The second-order valence-corrected chi connectivity index (χ2v) is 3.78. The monoisotopic (exact) mass is 253 g/mol. The van der Waals surface area contributed by atoms with E-state index in [1.807, 2.05) is 18.2 Å². The van der Waals surface area contributed by atoms with Crippen molar-refractivity contribution >= 4 is 21.6 Å². The van der Waals surface area contributed by atoms with Crippen LogP contribution in [0.2, 0.25) is 0 Å². The van der Waals surface area contributed by atoms with Gasteiger partial charge in [-0.25, -0.2) is 0 Å². The van der Waals surface area contributed by atoms with Gasteiger partial charge in [-0.05, 0) is 25.1 Å². The van der Waals surface area contributed by atoms with E-state index in [2.05, 4.69) is 22.5 Å². The number of hydrogen-bond donors (Lipinski definition) is 1. The third-order valence-corrected chi connectivity index (χ3v) is 2.20. The van der Waals surface area contributed by atoms with Gasteiger partial charge in [0.05, 0.1) is 0 Å². The minimum atomic E-state index is 0.455. The smallest absolute Gasteiger partial charge is 0.129 e. The highest BCUT2D eigenvalue weighted by atomic mass is 79.9. The van der Waals surface area contributed by atoms with Crippen LogP contribution in [0.3, 0.4) is 0 Å². The van der Waals surface area contributed by atoms with E-state index in [1.165, 1.54) is 0 Å². The number of rotatable bonds is 4. The van der Waals surface area contributed by atoms with Crippen LogP contribution in [0.25, 0.3) is 0 Å². The summed E-state index contributed by atoms with van der Waals surface area (Å²) in [5.41, 5.74) is 1.31. The van der Waals surface area contributed by atoms with Crippen molar-refractivity contribution in [3.63, 3.8) is 0 Å². The Morgan fingerprint density at radius 1 is 1.64 bits per heavy atom. The van der Waals surface area contributed by atoms with Crippen molar-refractivity contribution in [2.75, 3.05) is 6.61 Å². The topological polar surface area (TPSA) is 33.1 Å². The molecular weight excluding hydrogens is 242 g/mol. The molecule has 0 fully saturated rings. The van der Waals surface area contributed by atoms with Gasteiger partial charge in [0.15, 0.2) is 0 Å². The first-order valence-electron chi connectivity index (χ1n) is 4.24. The number of nitrogens with one attached hydrogen (secondary N) is 1. The van der Waals surface area contributed by atoms with E-state index in [0.717, 1.165) is 10.0 Å². The normalized spacial score (nSPS) is 9.57. The molecule has 0 aliphatic carbocycles. The Balaban J connectivity index is 3.02. The van der Waals surface area contributed by atoms with Crippen molar-refractivity contribution in [1.29, 1.82) is 5.41 Å². The largest absolute Gasteiger partial charge is 0.489 e. The molecule has 0 amide bonds. The van der Waals surface area contributed by atoms with Crippen molar-refractivity contribution in [3.8, 4) is 5.75 Å². The summed E-state index contributed by atoms with van der Waals surface area (Å²) in [4.78, 5) is 0. The molecule has 0 atom stereocenters. The van der Waals surface area contributed by atoms with Gasteiger partial charge >= 0.3 is 0 Å². The van der Waals surface area contributed by atoms with Crippen molar-refractivity contribution < 1.29 is 4.74 Å². The van der Waals surface area contributed by atoms with Crippen LogP contribution in [0.1, 0.15) is 12.5 Å². The summed E-state index contributed by atoms with van der Waals surface area (Å²) in [6.45, 7) is 5.78. The summed E-state index contributed by atoms with van der Waals surface area (Å²) in [5, 5.41) is 7.56. The van der Waals surface area contributed by atoms with Crippen LogP contribution in [0.15, 0.2) is 35.3 Å². The molecule has 0 aromatic heterocycles. The Morgan fingerprint density at radius 3 is 2.93 bits per heavy atom. The van der Waals surface area contributed by atoms with Crippen LogP contribution >= 0.6 is 15.9 Å². The molecule has 0 radical (unpaired) electrons. The number of benzene rings is 1. The van der Waals surface area contributed by atoms with Crippen molar-refractivity contribution in [3.05, 3.63) is 40.9 Å². The average Bonchev–Trinajstić information content (AvgIpc) is 2.14. The zero-order valence-electron chi connectivity index (χ0n) is 8.01. The maximum atomic E-state index is 7.56. The molecule has 1 rings (SSSR count). The fourth-order valence-corrected chi connectivity index (χ4v) is 1.41. The zero-order chi connectivity index (χ0) is 10.6. The molecule has 1 aromatic carbocycles. The Labute approximate surface area is 92.2 Å². The predicted molar refractivity (Wildman–Crippen MR) is 62.3 cm³/mol. The van der Waals surface area contributed by atoms with Crippen LogP contribution in [0.4, 0.5) is 0 Å². The van der Waals surface area contributed by atoms with E-state index < -0.39 is 0 Å². The van der Waals surface area contributed by atoms with Gasteiger partial charge in [0.2, 0.25) is 0 Å². The molecule has 0 bridgehead atoms. The lowest BCUT2D eigenvalue weighted by Gasteiger charge is -2.09. The maximum absolute atomic E-state index is 7.56. The molecule has 0 heterocycles. The quantitative estimate of drug-likeness (QED) is 0.648. The summed E-state index contributed by atoms with van der Waals surface area (Å²) in [6, 6.07) is 5.62. The van der Waals surface area contributed by atoms with Gasteiger partial charge < -0.3 is 10.1 Å². The van der Waals surface area contributed by atoms with Gasteiger partial charge in [-0.2, -0.15) is 0 Å². The van der Waals surface area contributed by atoms with Gasteiger partial charge in [0.25, 0.3) is 0 Å². The van der Waals surface area contributed by atoms with Crippen LogP contribution in [0.5, 0.6) is 5.75 Å². The molecule has 0 saturated heterocycles. The molecule has 14 heavy (non-hydrogen) atoms. The summed E-state index contributed by atoms with van der Waals surface area (Å²) >= 11 is 3.36. The Bertz CT molecular complexity index is 360. The first kappa shape index (κ1) is 11.0. The Hall–Kier alpha value is -1.09. The van der Waals surface area contributed by atoms with Crippen molar-refractivity contribution in [2.24, 2.45) is 0 Å². The molecule has 2 nitrogen and oxygen atoms in total. The van der Waals surface area contributed by atoms with Crippen LogP contribution in [0, 0.1) is 5.41 Å². The highest BCUT2D eigenvalue weighted by Gasteiger charge is 2.05. The van der Waals surface area contributed by atoms with Crippen LogP contribution in [-0.2, 0) is 0 Å². The summed E-state index contributed by atoms with van der Waals surface area (Å²) in [5.74, 6) is 0.715. The predicted octanol–water partition coefficient (Wildman–Crippen LogP) is 3.40. The summed E-state index contributed by atoms with van der Waals surface area (Å²) in [6.07, 6.45) is 1.68. The third kappa shape index (κ3) is 2.70. The Morgan fingerprint density at radius 2 is 2.36 bits per heavy atom. The van der Waals surface area contributed by atoms with Crippen molar-refractivity contribution in [1.82, 2.24) is 0 Å². The lowest BCUT2D eigenvalue weighted by molar-refractivity contribution is 0.362.